The molecule has 146 valence electrons. The molecule has 0 aromatic rings. The number of esters is 1. The van der Waals surface area contributed by atoms with Gasteiger partial charge in [0.15, 0.2) is 0 Å². The van der Waals surface area contributed by atoms with Crippen LogP contribution in [0.15, 0.2) is 0 Å². The molecule has 0 aliphatic heterocycles. The fourth-order valence-corrected chi connectivity index (χ4v) is 3.27. The molecule has 2 atom stereocenters. The first-order chi connectivity index (χ1) is 11.7. The Balaban J connectivity index is 2.43. The molecule has 0 aromatic carbocycles. The summed E-state index contributed by atoms with van der Waals surface area (Å²) in [6.45, 7) is 8.95. The molecule has 0 heterocycles. The van der Waals surface area contributed by atoms with Gasteiger partial charge in [0, 0.05) is 18.6 Å². The maximum absolute atomic E-state index is 11.9. The smallest absolute Gasteiger partial charge is 0.407 e. The van der Waals surface area contributed by atoms with Gasteiger partial charge in [-0.25, -0.2) is 4.79 Å². The summed E-state index contributed by atoms with van der Waals surface area (Å²) in [5.41, 5.74) is -0.504. The van der Waals surface area contributed by atoms with E-state index in [1.807, 2.05) is 20.8 Å². The van der Waals surface area contributed by atoms with Gasteiger partial charge in [-0.05, 0) is 53.4 Å². The van der Waals surface area contributed by atoms with E-state index >= 15 is 0 Å². The fourth-order valence-electron chi connectivity index (χ4n) is 3.27. The van der Waals surface area contributed by atoms with E-state index in [4.69, 9.17) is 9.47 Å². The minimum atomic E-state index is -0.482. The van der Waals surface area contributed by atoms with Crippen molar-refractivity contribution >= 4 is 12.1 Å². The van der Waals surface area contributed by atoms with E-state index in [0.29, 0.717) is 13.1 Å². The van der Waals surface area contributed by atoms with Crippen molar-refractivity contribution in [3.8, 4) is 0 Å². The van der Waals surface area contributed by atoms with E-state index in [9.17, 15) is 9.59 Å². The Morgan fingerprint density at radius 3 is 2.44 bits per heavy atom. The lowest BCUT2D eigenvalue weighted by atomic mass is 9.87. The summed E-state index contributed by atoms with van der Waals surface area (Å²) < 4.78 is 10.2. The van der Waals surface area contributed by atoms with Crippen LogP contribution in [-0.2, 0) is 14.3 Å². The largest absolute Gasteiger partial charge is 0.469 e. The van der Waals surface area contributed by atoms with Crippen molar-refractivity contribution in [2.45, 2.75) is 83.8 Å². The maximum atomic E-state index is 11.9. The average molecular weight is 357 g/mol. The molecule has 0 aromatic heterocycles. The molecule has 0 bridgehead atoms. The van der Waals surface area contributed by atoms with E-state index in [1.54, 1.807) is 0 Å². The topological polar surface area (TPSA) is 76.7 Å². The number of methoxy groups -OCH3 is 1. The van der Waals surface area contributed by atoms with Crippen molar-refractivity contribution in [2.24, 2.45) is 5.92 Å². The quantitative estimate of drug-likeness (QED) is 0.583. The van der Waals surface area contributed by atoms with Crippen LogP contribution in [0.3, 0.4) is 0 Å². The van der Waals surface area contributed by atoms with Crippen molar-refractivity contribution < 1.29 is 19.1 Å². The summed E-state index contributed by atoms with van der Waals surface area (Å²) in [7, 11) is 1.47. The second kappa shape index (κ2) is 10.00. The van der Waals surface area contributed by atoms with Gasteiger partial charge < -0.3 is 20.1 Å². The van der Waals surface area contributed by atoms with Crippen molar-refractivity contribution in [2.75, 3.05) is 20.2 Å². The number of alkyl carbamates (subject to hydrolysis) is 1. The lowest BCUT2D eigenvalue weighted by Crippen LogP contribution is -2.46. The van der Waals surface area contributed by atoms with Gasteiger partial charge in [0.1, 0.15) is 5.60 Å². The molecule has 1 fully saturated rings. The molecule has 6 heteroatoms. The molecular formula is C19H36N2O4. The Morgan fingerprint density at radius 2 is 1.80 bits per heavy atom. The Hall–Kier alpha value is -1.30. The van der Waals surface area contributed by atoms with Gasteiger partial charge in [0.2, 0.25) is 0 Å². The van der Waals surface area contributed by atoms with Gasteiger partial charge in [-0.3, -0.25) is 4.79 Å². The van der Waals surface area contributed by atoms with Gasteiger partial charge in [0.05, 0.1) is 13.0 Å². The van der Waals surface area contributed by atoms with Gasteiger partial charge >= 0.3 is 12.1 Å². The molecule has 0 spiro atoms. The first-order valence-corrected chi connectivity index (χ1v) is 9.45. The molecular weight excluding hydrogens is 320 g/mol. The highest BCUT2D eigenvalue weighted by Crippen LogP contribution is 2.28. The number of hydrogen-bond donors (Lipinski definition) is 2. The highest BCUT2D eigenvalue weighted by atomic mass is 16.6. The third-order valence-electron chi connectivity index (χ3n) is 4.71. The molecule has 0 saturated heterocycles. The summed E-state index contributed by atoms with van der Waals surface area (Å²) in [5.74, 6) is -0.0834. The first kappa shape index (κ1) is 21.7. The number of amides is 1. The van der Waals surface area contributed by atoms with Crippen LogP contribution < -0.4 is 10.6 Å². The third kappa shape index (κ3) is 9.10. The zero-order chi connectivity index (χ0) is 18.9. The molecule has 25 heavy (non-hydrogen) atoms. The van der Waals surface area contributed by atoms with Crippen LogP contribution in [0.25, 0.3) is 0 Å². The molecule has 1 rings (SSSR count). The lowest BCUT2D eigenvalue weighted by Gasteiger charge is -2.32. The monoisotopic (exact) mass is 356 g/mol. The van der Waals surface area contributed by atoms with Gasteiger partial charge in [-0.15, -0.1) is 0 Å². The summed E-state index contributed by atoms with van der Waals surface area (Å²) in [6, 6.07) is 0. The van der Waals surface area contributed by atoms with E-state index in [-0.39, 0.29) is 23.5 Å². The van der Waals surface area contributed by atoms with Crippen LogP contribution >= 0.6 is 0 Å². The minimum Gasteiger partial charge on any atom is -0.469 e. The fraction of sp³-hybridized carbons (Fsp3) is 0.895. The summed E-state index contributed by atoms with van der Waals surface area (Å²) in [5, 5.41) is 6.34. The standard InChI is InChI=1S/C19H36N2O4/c1-18(2,3)25-17(23)20-13-14-21-19(4)11-8-6-7-9-15(10-12-19)16(22)24-5/h15,21H,6-14H2,1-5H3,(H,20,23). The van der Waals surface area contributed by atoms with E-state index < -0.39 is 5.60 Å². The Labute approximate surface area is 152 Å². The van der Waals surface area contributed by atoms with Gasteiger partial charge in [-0.1, -0.05) is 19.3 Å². The molecule has 0 radical (unpaired) electrons. The van der Waals surface area contributed by atoms with Crippen molar-refractivity contribution in [1.29, 1.82) is 0 Å². The van der Waals surface area contributed by atoms with E-state index in [1.165, 1.54) is 7.11 Å². The van der Waals surface area contributed by atoms with Crippen molar-refractivity contribution in [1.82, 2.24) is 10.6 Å². The molecule has 1 saturated carbocycles. The Morgan fingerprint density at radius 1 is 1.08 bits per heavy atom. The number of ether oxygens (including phenoxy) is 2. The van der Waals surface area contributed by atoms with Gasteiger partial charge in [0.25, 0.3) is 0 Å². The van der Waals surface area contributed by atoms with Crippen LogP contribution in [0, 0.1) is 5.92 Å². The predicted molar refractivity (Wildman–Crippen MR) is 98.5 cm³/mol. The van der Waals surface area contributed by atoms with Crippen LogP contribution in [0.5, 0.6) is 0 Å². The maximum Gasteiger partial charge on any atom is 0.407 e. The van der Waals surface area contributed by atoms with Crippen LogP contribution in [0.2, 0.25) is 0 Å². The van der Waals surface area contributed by atoms with E-state index in [0.717, 1.165) is 44.9 Å². The van der Waals surface area contributed by atoms with Gasteiger partial charge in [-0.2, -0.15) is 0 Å². The Bertz CT molecular complexity index is 434. The highest BCUT2D eigenvalue weighted by Gasteiger charge is 2.28. The summed E-state index contributed by atoms with van der Waals surface area (Å²) in [6.07, 6.45) is 6.75. The minimum absolute atomic E-state index is 0.00381. The van der Waals surface area contributed by atoms with Crippen LogP contribution in [0.1, 0.15) is 72.6 Å². The number of rotatable bonds is 5. The second-order valence-electron chi connectivity index (χ2n) is 8.27. The predicted octanol–water partition coefficient (Wildman–Crippen LogP) is 3.39. The number of hydrogen-bond acceptors (Lipinski definition) is 5. The average Bonchev–Trinajstić information content (AvgIpc) is 2.60. The van der Waals surface area contributed by atoms with Crippen molar-refractivity contribution in [3.63, 3.8) is 0 Å². The summed E-state index contributed by atoms with van der Waals surface area (Å²) >= 11 is 0. The zero-order valence-corrected chi connectivity index (χ0v) is 16.6. The highest BCUT2D eigenvalue weighted by molar-refractivity contribution is 5.72. The number of nitrogens with one attached hydrogen (secondary N) is 2. The molecule has 1 amide bonds. The molecule has 1 aliphatic carbocycles. The number of carbonyl (C=O) groups is 2. The second-order valence-corrected chi connectivity index (χ2v) is 8.27. The van der Waals surface area contributed by atoms with Crippen LogP contribution in [0.4, 0.5) is 4.79 Å². The molecule has 2 N–H and O–H groups in total. The van der Waals surface area contributed by atoms with E-state index in [2.05, 4.69) is 17.6 Å². The normalized spacial score (nSPS) is 25.2. The molecule has 1 aliphatic rings. The zero-order valence-electron chi connectivity index (χ0n) is 16.6. The third-order valence-corrected chi connectivity index (χ3v) is 4.71. The Kier molecular flexibility index (Phi) is 8.69. The first-order valence-electron chi connectivity index (χ1n) is 9.45. The SMILES string of the molecule is COC(=O)C1CCCCCC(C)(NCCNC(=O)OC(C)(C)C)CC1. The molecule has 6 nitrogen and oxygen atoms in total. The van der Waals surface area contributed by atoms with Crippen molar-refractivity contribution in [3.05, 3.63) is 0 Å². The summed E-state index contributed by atoms with van der Waals surface area (Å²) in [4.78, 5) is 23.6. The number of carbonyl (C=O) groups excluding carboxylic acids is 2. The van der Waals surface area contributed by atoms with Crippen LogP contribution in [-0.4, -0.2) is 43.4 Å². The lowest BCUT2D eigenvalue weighted by molar-refractivity contribution is -0.146. The molecule has 2 unspecified atom stereocenters.